The fraction of sp³-hybridized carbons (Fsp3) is 0.125. The second-order valence-corrected chi connectivity index (χ2v) is 5.12. The molecule has 2 aromatic rings. The maximum atomic E-state index is 13.1. The third-order valence-corrected chi connectivity index (χ3v) is 3.27. The summed E-state index contributed by atoms with van der Waals surface area (Å²) in [5.41, 5.74) is 2.14. The fourth-order valence-corrected chi connectivity index (χ4v) is 2.05. The Bertz CT molecular complexity index is 688. The Kier molecular flexibility index (Phi) is 5.06. The van der Waals surface area contributed by atoms with Crippen molar-refractivity contribution >= 4 is 40.3 Å². The molecule has 114 valence electrons. The summed E-state index contributed by atoms with van der Waals surface area (Å²) in [7, 11) is 1.71. The van der Waals surface area contributed by atoms with Gasteiger partial charge in [0.2, 0.25) is 5.91 Å². The molecule has 0 bridgehead atoms. The average Bonchev–Trinajstić information content (AvgIpc) is 2.47. The van der Waals surface area contributed by atoms with Gasteiger partial charge >= 0.3 is 0 Å². The zero-order valence-corrected chi connectivity index (χ0v) is 13.1. The zero-order chi connectivity index (χ0) is 16.1. The Labute approximate surface area is 133 Å². The van der Waals surface area contributed by atoms with E-state index < -0.39 is 0 Å². The van der Waals surface area contributed by atoms with Crippen LogP contribution >= 0.6 is 12.2 Å². The van der Waals surface area contributed by atoms with E-state index in [9.17, 15) is 9.18 Å². The van der Waals surface area contributed by atoms with Crippen LogP contribution in [0.2, 0.25) is 0 Å². The molecule has 2 rings (SSSR count). The van der Waals surface area contributed by atoms with E-state index >= 15 is 0 Å². The van der Waals surface area contributed by atoms with Crippen molar-refractivity contribution in [3.8, 4) is 0 Å². The minimum Gasteiger partial charge on any atom is -0.332 e. The van der Waals surface area contributed by atoms with Crippen LogP contribution in [0.15, 0.2) is 48.5 Å². The molecule has 1 amide bonds. The van der Waals surface area contributed by atoms with E-state index in [1.54, 1.807) is 24.1 Å². The lowest BCUT2D eigenvalue weighted by Gasteiger charge is -2.16. The van der Waals surface area contributed by atoms with Gasteiger partial charge in [0.25, 0.3) is 0 Å². The van der Waals surface area contributed by atoms with Crippen molar-refractivity contribution in [2.45, 2.75) is 6.92 Å². The maximum absolute atomic E-state index is 13.1. The third kappa shape index (κ3) is 4.26. The van der Waals surface area contributed by atoms with Crippen LogP contribution < -0.4 is 15.5 Å². The number of nitrogens with zero attached hydrogens (tertiary/aromatic N) is 1. The number of carbonyl (C=O) groups is 1. The third-order valence-electron chi connectivity index (χ3n) is 3.07. The first-order chi connectivity index (χ1) is 10.5. The summed E-state index contributed by atoms with van der Waals surface area (Å²) in [6.45, 7) is 1.50. The Balaban J connectivity index is 1.98. The normalized spacial score (nSPS) is 9.95. The summed E-state index contributed by atoms with van der Waals surface area (Å²) in [5.74, 6) is -0.367. The van der Waals surface area contributed by atoms with Gasteiger partial charge in [-0.1, -0.05) is 6.07 Å². The summed E-state index contributed by atoms with van der Waals surface area (Å²) in [4.78, 5) is 12.8. The average molecular weight is 317 g/mol. The second-order valence-electron chi connectivity index (χ2n) is 4.71. The van der Waals surface area contributed by atoms with Gasteiger partial charge in [0.05, 0.1) is 0 Å². The summed E-state index contributed by atoms with van der Waals surface area (Å²) in [6.07, 6.45) is 0. The highest BCUT2D eigenvalue weighted by Crippen LogP contribution is 2.17. The van der Waals surface area contributed by atoms with Crippen LogP contribution in [0.3, 0.4) is 0 Å². The number of hydrogen-bond donors (Lipinski definition) is 2. The molecule has 0 spiro atoms. The second kappa shape index (κ2) is 7.00. The van der Waals surface area contributed by atoms with Crippen LogP contribution in [0, 0.1) is 5.82 Å². The molecule has 0 aliphatic rings. The van der Waals surface area contributed by atoms with Crippen molar-refractivity contribution in [1.29, 1.82) is 0 Å². The molecule has 2 aromatic carbocycles. The number of hydrogen-bond acceptors (Lipinski definition) is 2. The highest BCUT2D eigenvalue weighted by Gasteiger charge is 2.05. The van der Waals surface area contributed by atoms with Crippen molar-refractivity contribution in [2.24, 2.45) is 0 Å². The van der Waals surface area contributed by atoms with E-state index in [1.165, 1.54) is 19.1 Å². The lowest BCUT2D eigenvalue weighted by atomic mass is 10.2. The molecule has 0 saturated carbocycles. The van der Waals surface area contributed by atoms with E-state index in [4.69, 9.17) is 12.2 Å². The maximum Gasteiger partial charge on any atom is 0.223 e. The monoisotopic (exact) mass is 317 g/mol. The molecule has 0 unspecified atom stereocenters. The lowest BCUT2D eigenvalue weighted by Crippen LogP contribution is -2.23. The first-order valence-electron chi connectivity index (χ1n) is 6.63. The molecule has 0 fully saturated rings. The van der Waals surface area contributed by atoms with Gasteiger partial charge in [-0.2, -0.15) is 0 Å². The number of benzene rings is 2. The minimum absolute atomic E-state index is 0.0380. The molecule has 4 nitrogen and oxygen atoms in total. The fourth-order valence-electron chi connectivity index (χ4n) is 1.81. The van der Waals surface area contributed by atoms with Crippen molar-refractivity contribution < 1.29 is 9.18 Å². The van der Waals surface area contributed by atoms with Crippen LogP contribution in [0.4, 0.5) is 21.5 Å². The Hall–Kier alpha value is -2.47. The van der Waals surface area contributed by atoms with Crippen LogP contribution in [0.5, 0.6) is 0 Å². The molecule has 0 aliphatic carbocycles. The quantitative estimate of drug-likeness (QED) is 0.849. The molecule has 0 atom stereocenters. The first kappa shape index (κ1) is 15.9. The van der Waals surface area contributed by atoms with Gasteiger partial charge in [-0.15, -0.1) is 0 Å². The summed E-state index contributed by atoms with van der Waals surface area (Å²) < 4.78 is 13.1. The van der Waals surface area contributed by atoms with Crippen LogP contribution in [0.1, 0.15) is 6.92 Å². The highest BCUT2D eigenvalue weighted by molar-refractivity contribution is 7.80. The molecule has 0 heterocycles. The van der Waals surface area contributed by atoms with Gasteiger partial charge in [-0.25, -0.2) is 4.39 Å². The van der Waals surface area contributed by atoms with E-state index in [2.05, 4.69) is 10.6 Å². The van der Waals surface area contributed by atoms with E-state index in [1.807, 2.05) is 24.3 Å². The smallest absolute Gasteiger partial charge is 0.223 e. The number of nitrogens with one attached hydrogen (secondary N) is 2. The number of anilines is 3. The number of carbonyl (C=O) groups excluding carboxylic acids is 1. The highest BCUT2D eigenvalue weighted by atomic mass is 32.1. The van der Waals surface area contributed by atoms with Gasteiger partial charge in [0, 0.05) is 31.0 Å². The molecule has 0 aliphatic heterocycles. The van der Waals surface area contributed by atoms with Crippen LogP contribution in [-0.2, 0) is 4.79 Å². The minimum atomic E-state index is -0.329. The molecular formula is C16H16FN3OS. The van der Waals surface area contributed by atoms with Crippen LogP contribution in [0.25, 0.3) is 0 Å². The van der Waals surface area contributed by atoms with E-state index in [0.29, 0.717) is 10.8 Å². The number of thiocarbonyl (C=S) groups is 1. The summed E-state index contributed by atoms with van der Waals surface area (Å²) in [5, 5.41) is 6.26. The zero-order valence-electron chi connectivity index (χ0n) is 12.3. The summed E-state index contributed by atoms with van der Waals surface area (Å²) >= 11 is 5.18. The van der Waals surface area contributed by atoms with Gasteiger partial charge < -0.3 is 15.5 Å². The Morgan fingerprint density at radius 2 is 1.73 bits per heavy atom. The number of halogens is 1. The predicted octanol–water partition coefficient (Wildman–Crippen LogP) is 3.62. The SMILES string of the molecule is CC(=O)N(C)c1ccc(NC(=S)Nc2cccc(F)c2)cc1. The van der Waals surface area contributed by atoms with Gasteiger partial charge in [0.15, 0.2) is 5.11 Å². The van der Waals surface area contributed by atoms with Gasteiger partial charge in [0.1, 0.15) is 5.82 Å². The molecule has 2 N–H and O–H groups in total. The molecule has 0 aromatic heterocycles. The molecule has 0 saturated heterocycles. The number of amides is 1. The Morgan fingerprint density at radius 3 is 2.32 bits per heavy atom. The topological polar surface area (TPSA) is 44.4 Å². The standard InChI is InChI=1S/C16H16FN3OS/c1-11(21)20(2)15-8-6-13(7-9-15)18-16(22)19-14-5-3-4-12(17)10-14/h3-10H,1-2H3,(H2,18,19,22). The first-order valence-corrected chi connectivity index (χ1v) is 7.04. The van der Waals surface area contributed by atoms with Gasteiger partial charge in [-0.3, -0.25) is 4.79 Å². The van der Waals surface area contributed by atoms with Crippen molar-refractivity contribution in [3.05, 3.63) is 54.3 Å². The lowest BCUT2D eigenvalue weighted by molar-refractivity contribution is -0.116. The van der Waals surface area contributed by atoms with Gasteiger partial charge in [-0.05, 0) is 54.7 Å². The summed E-state index contributed by atoms with van der Waals surface area (Å²) in [6, 6.07) is 13.3. The molecule has 0 radical (unpaired) electrons. The predicted molar refractivity (Wildman–Crippen MR) is 91.8 cm³/mol. The Morgan fingerprint density at radius 1 is 1.09 bits per heavy atom. The van der Waals surface area contributed by atoms with Crippen LogP contribution in [-0.4, -0.2) is 18.1 Å². The van der Waals surface area contributed by atoms with E-state index in [0.717, 1.165) is 11.4 Å². The number of rotatable bonds is 3. The van der Waals surface area contributed by atoms with Crippen molar-refractivity contribution in [1.82, 2.24) is 0 Å². The molecule has 22 heavy (non-hydrogen) atoms. The van der Waals surface area contributed by atoms with E-state index in [-0.39, 0.29) is 11.7 Å². The largest absolute Gasteiger partial charge is 0.332 e. The molecular weight excluding hydrogens is 301 g/mol. The van der Waals surface area contributed by atoms with Crippen molar-refractivity contribution in [2.75, 3.05) is 22.6 Å². The molecule has 6 heteroatoms. The van der Waals surface area contributed by atoms with Crippen molar-refractivity contribution in [3.63, 3.8) is 0 Å².